The SMILES string of the molecule is CCCC(CC(F)(C(F)(F)F)C(F)(F)F)CC(F)(C(F)(F)F)C(F)(F)F.FC(F)(F)C(F)(CC(CCS)CC(F)(C(F)(F)F)C(F)(F)F)C(F)(F)F. The van der Waals surface area contributed by atoms with Crippen LogP contribution in [0.2, 0.25) is 0 Å². The molecule has 0 rings (SSSR count). The quantitative estimate of drug-likeness (QED) is 0.147. The van der Waals surface area contributed by atoms with Crippen LogP contribution in [0.4, 0.5) is 123 Å². The lowest BCUT2D eigenvalue weighted by atomic mass is 9.80. The summed E-state index contributed by atoms with van der Waals surface area (Å²) in [5.41, 5.74) is -24.4. The van der Waals surface area contributed by atoms with E-state index in [4.69, 9.17) is 0 Å². The van der Waals surface area contributed by atoms with Crippen LogP contribution in [-0.4, -0.2) is 77.8 Å². The minimum atomic E-state index is -6.70. The van der Waals surface area contributed by atoms with Crippen LogP contribution in [-0.2, 0) is 0 Å². The number of hydrogen-bond acceptors (Lipinski definition) is 1. The van der Waals surface area contributed by atoms with Crippen molar-refractivity contribution in [2.75, 3.05) is 5.75 Å². The molecular weight excluding hydrogens is 840 g/mol. The molecule has 0 heterocycles. The molecule has 0 radical (unpaired) electrons. The van der Waals surface area contributed by atoms with Crippen LogP contribution < -0.4 is 0 Å². The molecule has 0 saturated heterocycles. The molecule has 0 nitrogen and oxygen atoms in total. The highest BCUT2D eigenvalue weighted by Gasteiger charge is 2.77. The van der Waals surface area contributed by atoms with E-state index < -0.39 is 135 Å². The third-order valence-corrected chi connectivity index (χ3v) is 7.37. The van der Waals surface area contributed by atoms with E-state index in [1.54, 1.807) is 0 Å². The highest BCUT2D eigenvalue weighted by atomic mass is 32.1. The van der Waals surface area contributed by atoms with E-state index in [1.807, 2.05) is 0 Å². The Kier molecular flexibility index (Phi) is 16.4. The summed E-state index contributed by atoms with van der Waals surface area (Å²) in [4.78, 5) is 0. The van der Waals surface area contributed by atoms with Crippen LogP contribution in [0, 0.1) is 11.8 Å². The molecular formula is C23H22F28S. The Labute approximate surface area is 278 Å². The van der Waals surface area contributed by atoms with Gasteiger partial charge in [0.25, 0.3) is 22.7 Å². The lowest BCUT2D eigenvalue weighted by molar-refractivity contribution is -0.358. The van der Waals surface area contributed by atoms with E-state index in [0.717, 1.165) is 6.92 Å². The maximum Gasteiger partial charge on any atom is 0.431 e. The lowest BCUT2D eigenvalue weighted by Gasteiger charge is -2.37. The summed E-state index contributed by atoms with van der Waals surface area (Å²) in [6, 6.07) is 0. The fourth-order valence-corrected chi connectivity index (χ4v) is 4.67. The van der Waals surface area contributed by atoms with Crippen LogP contribution in [0.25, 0.3) is 0 Å². The Morgan fingerprint density at radius 1 is 0.308 bits per heavy atom. The molecule has 0 N–H and O–H groups in total. The second-order valence-electron chi connectivity index (χ2n) is 11.0. The van der Waals surface area contributed by atoms with Crippen molar-refractivity contribution < 1.29 is 123 Å². The standard InChI is InChI=1S/C12H12F14.C11H10F14S/c1-2-3-6(4-7(13,9(15,16)17)10(18,19)20)5-8(14,11(21,22)23)12(24,25)26;12-6(8(14,15)16,9(17,18)19)3-5(1-2-26)4-7(13,10(20,21)22)11(23,24)25/h6H,2-5H2,1H3;5,26H,1-4H2. The normalized spacial score (nSPS) is 15.7. The Balaban J connectivity index is 0. The van der Waals surface area contributed by atoms with Gasteiger partial charge in [0.2, 0.25) is 0 Å². The topological polar surface area (TPSA) is 0 Å². The van der Waals surface area contributed by atoms with E-state index in [-0.39, 0.29) is 0 Å². The van der Waals surface area contributed by atoms with Crippen LogP contribution in [0.15, 0.2) is 0 Å². The first kappa shape index (κ1) is 52.5. The first-order valence-electron chi connectivity index (χ1n) is 13.2. The zero-order valence-corrected chi connectivity index (χ0v) is 25.7. The zero-order valence-electron chi connectivity index (χ0n) is 24.8. The maximum atomic E-state index is 13.6. The van der Waals surface area contributed by atoms with Gasteiger partial charge in [-0.2, -0.15) is 118 Å². The molecule has 52 heavy (non-hydrogen) atoms. The fourth-order valence-electron chi connectivity index (χ4n) is 4.30. The number of thiol groups is 1. The lowest BCUT2D eigenvalue weighted by Crippen LogP contribution is -2.57. The summed E-state index contributed by atoms with van der Waals surface area (Å²) >= 11 is 3.28. The number of rotatable bonds is 12. The third kappa shape index (κ3) is 11.7. The van der Waals surface area contributed by atoms with Gasteiger partial charge in [-0.3, -0.25) is 0 Å². The molecule has 316 valence electrons. The van der Waals surface area contributed by atoms with Crippen molar-refractivity contribution in [3.63, 3.8) is 0 Å². The molecule has 0 spiro atoms. The summed E-state index contributed by atoms with van der Waals surface area (Å²) in [6.45, 7) is 0.995. The minimum absolute atomic E-state index is 0.512. The number of alkyl halides is 28. The van der Waals surface area contributed by atoms with E-state index in [9.17, 15) is 123 Å². The van der Waals surface area contributed by atoms with Crippen molar-refractivity contribution in [1.29, 1.82) is 0 Å². The average Bonchev–Trinajstić information content (AvgIpc) is 2.83. The summed E-state index contributed by atoms with van der Waals surface area (Å²) in [5, 5.41) is 0. The summed E-state index contributed by atoms with van der Waals surface area (Å²) < 4.78 is 353. The van der Waals surface area contributed by atoms with E-state index in [1.165, 1.54) is 0 Å². The average molecular weight is 862 g/mol. The second-order valence-corrected chi connectivity index (χ2v) is 11.5. The van der Waals surface area contributed by atoms with E-state index >= 15 is 0 Å². The molecule has 29 heteroatoms. The van der Waals surface area contributed by atoms with Crippen molar-refractivity contribution in [2.45, 2.75) is 124 Å². The van der Waals surface area contributed by atoms with E-state index in [2.05, 4.69) is 12.6 Å². The van der Waals surface area contributed by atoms with Gasteiger partial charge >= 0.3 is 49.4 Å². The van der Waals surface area contributed by atoms with Crippen LogP contribution in [0.1, 0.15) is 51.9 Å². The predicted molar refractivity (Wildman–Crippen MR) is 123 cm³/mol. The molecule has 0 saturated carbocycles. The molecule has 0 unspecified atom stereocenters. The van der Waals surface area contributed by atoms with Crippen LogP contribution >= 0.6 is 12.6 Å². The smallest absolute Gasteiger partial charge is 0.224 e. The Hall–Kier alpha value is -1.61. The van der Waals surface area contributed by atoms with Crippen LogP contribution in [0.5, 0.6) is 0 Å². The predicted octanol–water partition coefficient (Wildman–Crippen LogP) is 13.2. The van der Waals surface area contributed by atoms with Gasteiger partial charge in [0.15, 0.2) is 0 Å². The van der Waals surface area contributed by atoms with Crippen molar-refractivity contribution in [3.05, 3.63) is 0 Å². The molecule has 0 amide bonds. The monoisotopic (exact) mass is 862 g/mol. The van der Waals surface area contributed by atoms with Gasteiger partial charge < -0.3 is 0 Å². The van der Waals surface area contributed by atoms with Gasteiger partial charge in [-0.15, -0.1) is 0 Å². The molecule has 0 aliphatic rings. The summed E-state index contributed by atoms with van der Waals surface area (Å²) in [5.74, 6) is -6.59. The van der Waals surface area contributed by atoms with Gasteiger partial charge in [-0.05, 0) is 24.0 Å². The Morgan fingerprint density at radius 2 is 0.462 bits per heavy atom. The van der Waals surface area contributed by atoms with Gasteiger partial charge in [-0.1, -0.05) is 19.8 Å². The summed E-state index contributed by atoms with van der Waals surface area (Å²) in [7, 11) is 0. The van der Waals surface area contributed by atoms with Crippen molar-refractivity contribution in [2.24, 2.45) is 11.8 Å². The molecule has 0 aromatic heterocycles. The molecule has 0 aromatic carbocycles. The third-order valence-electron chi connectivity index (χ3n) is 7.11. The molecule has 0 aliphatic heterocycles. The zero-order chi connectivity index (χ0) is 42.8. The van der Waals surface area contributed by atoms with Gasteiger partial charge in [-0.25, -0.2) is 17.6 Å². The fraction of sp³-hybridized carbons (Fsp3) is 1.00. The van der Waals surface area contributed by atoms with Crippen LogP contribution in [0.3, 0.4) is 0 Å². The Bertz CT molecular complexity index is 857. The number of hydrogen-bond donors (Lipinski definition) is 1. The van der Waals surface area contributed by atoms with E-state index in [0.29, 0.717) is 0 Å². The first-order valence-corrected chi connectivity index (χ1v) is 13.8. The molecule has 0 aromatic rings. The minimum Gasteiger partial charge on any atom is -0.224 e. The van der Waals surface area contributed by atoms with Crippen molar-refractivity contribution in [3.8, 4) is 0 Å². The van der Waals surface area contributed by atoms with Crippen molar-refractivity contribution >= 4 is 12.6 Å². The molecule has 0 aliphatic carbocycles. The molecule has 0 fully saturated rings. The largest absolute Gasteiger partial charge is 0.431 e. The highest BCUT2D eigenvalue weighted by Crippen LogP contribution is 2.57. The second kappa shape index (κ2) is 16.2. The van der Waals surface area contributed by atoms with Gasteiger partial charge in [0.1, 0.15) is 0 Å². The maximum absolute atomic E-state index is 13.6. The first-order chi connectivity index (χ1) is 22.3. The molecule has 0 atom stereocenters. The van der Waals surface area contributed by atoms with Gasteiger partial charge in [0, 0.05) is 25.7 Å². The summed E-state index contributed by atoms with van der Waals surface area (Å²) in [6.07, 6.45) is -67.8. The van der Waals surface area contributed by atoms with Gasteiger partial charge in [0.05, 0.1) is 0 Å². The highest BCUT2D eigenvalue weighted by molar-refractivity contribution is 7.80. The van der Waals surface area contributed by atoms with Crippen molar-refractivity contribution in [1.82, 2.24) is 0 Å². The number of halogens is 28. The Morgan fingerprint density at radius 3 is 0.577 bits per heavy atom. The molecule has 0 bridgehead atoms.